The van der Waals surface area contributed by atoms with Gasteiger partial charge in [-0.2, -0.15) is 13.2 Å². The van der Waals surface area contributed by atoms with E-state index >= 15 is 0 Å². The number of nitrogens with one attached hydrogen (secondary N) is 2. The van der Waals surface area contributed by atoms with Gasteiger partial charge in [0.25, 0.3) is 0 Å². The molecule has 0 atom stereocenters. The molecule has 0 spiro atoms. The molecule has 2 aromatic rings. The maximum absolute atomic E-state index is 13.2. The SMILES string of the molecule is Oc1c(F)cc(NC(=S)Nc2ccccc2C(F)(F)F)cc1F. The molecule has 9 heteroatoms. The first-order chi connectivity index (χ1) is 10.7. The van der Waals surface area contributed by atoms with Crippen LogP contribution in [0, 0.1) is 11.6 Å². The Kier molecular flexibility index (Phi) is 4.69. The molecular weight excluding hydrogens is 339 g/mol. The quantitative estimate of drug-likeness (QED) is 0.425. The van der Waals surface area contributed by atoms with Crippen molar-refractivity contribution in [3.8, 4) is 5.75 Å². The van der Waals surface area contributed by atoms with Crippen molar-refractivity contribution in [1.29, 1.82) is 0 Å². The van der Waals surface area contributed by atoms with E-state index in [1.54, 1.807) is 0 Å². The fraction of sp³-hybridized carbons (Fsp3) is 0.0714. The highest BCUT2D eigenvalue weighted by Gasteiger charge is 2.33. The van der Waals surface area contributed by atoms with Crippen LogP contribution in [0.1, 0.15) is 5.56 Å². The second-order valence-corrected chi connectivity index (χ2v) is 4.82. The van der Waals surface area contributed by atoms with E-state index in [4.69, 9.17) is 17.3 Å². The highest BCUT2D eigenvalue weighted by atomic mass is 32.1. The summed E-state index contributed by atoms with van der Waals surface area (Å²) in [6, 6.07) is 6.12. The van der Waals surface area contributed by atoms with Crippen LogP contribution in [-0.4, -0.2) is 10.2 Å². The van der Waals surface area contributed by atoms with Crippen LogP contribution in [0.4, 0.5) is 33.3 Å². The first-order valence-electron chi connectivity index (χ1n) is 6.10. The third kappa shape index (κ3) is 4.07. The molecule has 0 saturated heterocycles. The monoisotopic (exact) mass is 348 g/mol. The Hall–Kier alpha value is -2.42. The molecule has 122 valence electrons. The summed E-state index contributed by atoms with van der Waals surface area (Å²) < 4.78 is 64.9. The maximum Gasteiger partial charge on any atom is 0.418 e. The van der Waals surface area contributed by atoms with Gasteiger partial charge in [0.2, 0.25) is 0 Å². The van der Waals surface area contributed by atoms with Gasteiger partial charge in [0.05, 0.1) is 11.3 Å². The van der Waals surface area contributed by atoms with Crippen molar-refractivity contribution in [3.05, 3.63) is 53.6 Å². The largest absolute Gasteiger partial charge is 0.503 e. The summed E-state index contributed by atoms with van der Waals surface area (Å²) in [4.78, 5) is 0. The third-order valence-electron chi connectivity index (χ3n) is 2.76. The number of benzene rings is 2. The van der Waals surface area contributed by atoms with E-state index in [-0.39, 0.29) is 16.5 Å². The molecular formula is C14H9F5N2OS. The molecule has 0 unspecified atom stereocenters. The molecule has 0 bridgehead atoms. The number of hydrogen-bond donors (Lipinski definition) is 3. The van der Waals surface area contributed by atoms with Crippen LogP contribution in [0.3, 0.4) is 0 Å². The normalized spacial score (nSPS) is 11.2. The summed E-state index contributed by atoms with van der Waals surface area (Å²) in [5, 5.41) is 13.3. The summed E-state index contributed by atoms with van der Waals surface area (Å²) >= 11 is 4.82. The fourth-order valence-electron chi connectivity index (χ4n) is 1.76. The highest BCUT2D eigenvalue weighted by molar-refractivity contribution is 7.80. The summed E-state index contributed by atoms with van der Waals surface area (Å²) in [7, 11) is 0. The predicted molar refractivity (Wildman–Crippen MR) is 79.3 cm³/mol. The van der Waals surface area contributed by atoms with Gasteiger partial charge in [0, 0.05) is 17.8 Å². The molecule has 3 N–H and O–H groups in total. The van der Waals surface area contributed by atoms with Gasteiger partial charge >= 0.3 is 6.18 Å². The van der Waals surface area contributed by atoms with Crippen molar-refractivity contribution in [2.45, 2.75) is 6.18 Å². The third-order valence-corrected chi connectivity index (χ3v) is 2.96. The van der Waals surface area contributed by atoms with Gasteiger partial charge in [-0.05, 0) is 24.4 Å². The summed E-state index contributed by atoms with van der Waals surface area (Å²) in [5.74, 6) is -3.62. The number of alkyl halides is 3. The molecule has 0 heterocycles. The number of phenols is 1. The lowest BCUT2D eigenvalue weighted by atomic mass is 10.1. The van der Waals surface area contributed by atoms with Crippen molar-refractivity contribution < 1.29 is 27.1 Å². The number of thiocarbonyl (C=S) groups is 1. The molecule has 0 aromatic heterocycles. The Morgan fingerprint density at radius 1 is 1.00 bits per heavy atom. The zero-order valence-corrected chi connectivity index (χ0v) is 12.0. The summed E-state index contributed by atoms with van der Waals surface area (Å²) in [5.41, 5.74) is -1.41. The first-order valence-corrected chi connectivity index (χ1v) is 6.51. The van der Waals surface area contributed by atoms with E-state index in [0.717, 1.165) is 24.3 Å². The van der Waals surface area contributed by atoms with Gasteiger partial charge in [-0.15, -0.1) is 0 Å². The minimum absolute atomic E-state index is 0.167. The van der Waals surface area contributed by atoms with Crippen LogP contribution >= 0.6 is 12.2 Å². The lowest BCUT2D eigenvalue weighted by Crippen LogP contribution is -2.21. The summed E-state index contributed by atoms with van der Waals surface area (Å²) in [6.45, 7) is 0. The van der Waals surface area contributed by atoms with E-state index in [0.29, 0.717) is 0 Å². The second kappa shape index (κ2) is 6.37. The number of para-hydroxylation sites is 1. The smallest absolute Gasteiger partial charge is 0.418 e. The van der Waals surface area contributed by atoms with Gasteiger partial charge in [0.15, 0.2) is 22.5 Å². The number of hydrogen-bond acceptors (Lipinski definition) is 2. The Labute approximate surface area is 132 Å². The van der Waals surface area contributed by atoms with Crippen LogP contribution in [0.15, 0.2) is 36.4 Å². The zero-order chi connectivity index (χ0) is 17.2. The zero-order valence-electron chi connectivity index (χ0n) is 11.2. The fourth-order valence-corrected chi connectivity index (χ4v) is 1.99. The van der Waals surface area contributed by atoms with Crippen molar-refractivity contribution in [2.75, 3.05) is 10.6 Å². The predicted octanol–water partition coefficient (Wildman–Crippen LogP) is 4.50. The molecule has 0 aliphatic heterocycles. The Morgan fingerprint density at radius 2 is 1.57 bits per heavy atom. The van der Waals surface area contributed by atoms with Crippen LogP contribution < -0.4 is 10.6 Å². The number of rotatable bonds is 2. The minimum Gasteiger partial charge on any atom is -0.503 e. The van der Waals surface area contributed by atoms with Gasteiger partial charge in [-0.3, -0.25) is 0 Å². The lowest BCUT2D eigenvalue weighted by Gasteiger charge is -2.16. The van der Waals surface area contributed by atoms with E-state index in [2.05, 4.69) is 10.6 Å². The number of aromatic hydroxyl groups is 1. The van der Waals surface area contributed by atoms with E-state index in [1.165, 1.54) is 12.1 Å². The van der Waals surface area contributed by atoms with Gasteiger partial charge in [0.1, 0.15) is 0 Å². The minimum atomic E-state index is -4.59. The van der Waals surface area contributed by atoms with Crippen molar-refractivity contribution in [3.63, 3.8) is 0 Å². The lowest BCUT2D eigenvalue weighted by molar-refractivity contribution is -0.136. The topological polar surface area (TPSA) is 44.3 Å². The molecule has 2 aromatic carbocycles. The van der Waals surface area contributed by atoms with Gasteiger partial charge < -0.3 is 15.7 Å². The van der Waals surface area contributed by atoms with Crippen LogP contribution in [0.2, 0.25) is 0 Å². The first kappa shape index (κ1) is 16.9. The van der Waals surface area contributed by atoms with Crippen LogP contribution in [-0.2, 0) is 6.18 Å². The summed E-state index contributed by atoms with van der Waals surface area (Å²) in [6.07, 6.45) is -4.59. The Bertz CT molecular complexity index is 725. The molecule has 0 aliphatic rings. The average Bonchev–Trinajstić information content (AvgIpc) is 2.44. The molecule has 0 amide bonds. The molecule has 2 rings (SSSR count). The molecule has 3 nitrogen and oxygen atoms in total. The number of phenolic OH excluding ortho intramolecular Hbond substituents is 1. The van der Waals surface area contributed by atoms with E-state index < -0.39 is 29.1 Å². The van der Waals surface area contributed by atoms with Crippen LogP contribution in [0.25, 0.3) is 0 Å². The standard InChI is InChI=1S/C14H9F5N2OS/c15-9-5-7(6-10(16)12(9)22)20-13(23)21-11-4-2-1-3-8(11)14(17,18)19/h1-6,22H,(H2,20,21,23). The second-order valence-electron chi connectivity index (χ2n) is 4.41. The molecule has 0 saturated carbocycles. The highest BCUT2D eigenvalue weighted by Crippen LogP contribution is 2.34. The van der Waals surface area contributed by atoms with Gasteiger partial charge in [-0.1, -0.05) is 12.1 Å². The molecule has 0 radical (unpaired) electrons. The molecule has 0 aliphatic carbocycles. The van der Waals surface area contributed by atoms with Crippen molar-refractivity contribution in [2.24, 2.45) is 0 Å². The van der Waals surface area contributed by atoms with Crippen molar-refractivity contribution in [1.82, 2.24) is 0 Å². The Morgan fingerprint density at radius 3 is 2.13 bits per heavy atom. The Balaban J connectivity index is 2.18. The van der Waals surface area contributed by atoms with Gasteiger partial charge in [-0.25, -0.2) is 8.78 Å². The maximum atomic E-state index is 13.2. The number of halogens is 5. The number of anilines is 2. The van der Waals surface area contributed by atoms with Crippen LogP contribution in [0.5, 0.6) is 5.75 Å². The van der Waals surface area contributed by atoms with E-state index in [9.17, 15) is 22.0 Å². The average molecular weight is 348 g/mol. The molecule has 0 fully saturated rings. The van der Waals surface area contributed by atoms with E-state index in [1.807, 2.05) is 0 Å². The molecule has 23 heavy (non-hydrogen) atoms. The van der Waals surface area contributed by atoms with Crippen molar-refractivity contribution >= 4 is 28.7 Å².